The largest absolute Gasteiger partial charge is 0.395 e. The van der Waals surface area contributed by atoms with Gasteiger partial charge >= 0.3 is 0 Å². The van der Waals surface area contributed by atoms with E-state index in [1.165, 1.54) is 0 Å². The number of benzene rings is 1. The second-order valence-electron chi connectivity index (χ2n) is 3.89. The van der Waals surface area contributed by atoms with Crippen molar-refractivity contribution >= 4 is 5.78 Å². The van der Waals surface area contributed by atoms with Crippen LogP contribution in [0.25, 0.3) is 0 Å². The lowest BCUT2D eigenvalue weighted by Crippen LogP contribution is -2.21. The fourth-order valence-electron chi connectivity index (χ4n) is 1.57. The summed E-state index contributed by atoms with van der Waals surface area (Å²) in [6, 6.07) is 2.85. The average Bonchev–Trinajstić information content (AvgIpc) is 2.97. The van der Waals surface area contributed by atoms with E-state index in [2.05, 4.69) is 0 Å². The Balaban J connectivity index is 2.34. The lowest BCUT2D eigenvalue weighted by molar-refractivity contribution is 0.0825. The summed E-state index contributed by atoms with van der Waals surface area (Å²) in [5.74, 6) is -2.00. The molecule has 0 spiro atoms. The molecule has 1 aliphatic carbocycles. The van der Waals surface area contributed by atoms with Gasteiger partial charge in [0.1, 0.15) is 11.6 Å². The van der Waals surface area contributed by atoms with Crippen molar-refractivity contribution in [3.8, 4) is 0 Å². The Morgan fingerprint density at radius 2 is 2.07 bits per heavy atom. The molecule has 0 atom stereocenters. The van der Waals surface area contributed by atoms with Crippen LogP contribution in [0.1, 0.15) is 23.2 Å². The third kappa shape index (κ3) is 1.65. The molecule has 0 saturated heterocycles. The van der Waals surface area contributed by atoms with Crippen LogP contribution < -0.4 is 0 Å². The normalized spacial score (nSPS) is 17.5. The van der Waals surface area contributed by atoms with Gasteiger partial charge in [0.05, 0.1) is 17.6 Å². The molecule has 0 unspecified atom stereocenters. The van der Waals surface area contributed by atoms with Crippen LogP contribution in [0.15, 0.2) is 18.2 Å². The van der Waals surface area contributed by atoms with Gasteiger partial charge < -0.3 is 5.11 Å². The highest BCUT2D eigenvalue weighted by atomic mass is 19.1. The summed E-state index contributed by atoms with van der Waals surface area (Å²) in [5, 5.41) is 9.02. The highest BCUT2D eigenvalue weighted by Gasteiger charge is 2.49. The molecule has 0 radical (unpaired) electrons. The standard InChI is InChI=1S/C11H10F2O2/c12-7-1-2-8(9(13)5-7)10(15)11(6-14)3-4-11/h1-2,5,14H,3-4,6H2. The van der Waals surface area contributed by atoms with Gasteiger partial charge in [0, 0.05) is 6.07 Å². The summed E-state index contributed by atoms with van der Waals surface area (Å²) in [4.78, 5) is 11.8. The van der Waals surface area contributed by atoms with Crippen LogP contribution in [-0.2, 0) is 0 Å². The minimum Gasteiger partial charge on any atom is -0.395 e. The molecule has 0 heterocycles. The number of hydrogen-bond donors (Lipinski definition) is 1. The van der Waals surface area contributed by atoms with E-state index in [1.54, 1.807) is 0 Å². The maximum absolute atomic E-state index is 13.3. The molecule has 1 aliphatic rings. The molecule has 2 rings (SSSR count). The summed E-state index contributed by atoms with van der Waals surface area (Å²) >= 11 is 0. The van der Waals surface area contributed by atoms with E-state index in [0.717, 1.165) is 12.1 Å². The zero-order valence-electron chi connectivity index (χ0n) is 7.96. The van der Waals surface area contributed by atoms with Gasteiger partial charge in [0.25, 0.3) is 0 Å². The fraction of sp³-hybridized carbons (Fsp3) is 0.364. The van der Waals surface area contributed by atoms with E-state index in [0.29, 0.717) is 18.9 Å². The third-order valence-corrected chi connectivity index (χ3v) is 2.81. The molecule has 1 saturated carbocycles. The van der Waals surface area contributed by atoms with E-state index in [4.69, 9.17) is 5.11 Å². The lowest BCUT2D eigenvalue weighted by atomic mass is 9.95. The summed E-state index contributed by atoms with van der Waals surface area (Å²) in [5.41, 5.74) is -0.943. The van der Waals surface area contributed by atoms with Crippen LogP contribution in [0.2, 0.25) is 0 Å². The first kappa shape index (κ1) is 10.2. The quantitative estimate of drug-likeness (QED) is 0.777. The van der Waals surface area contributed by atoms with E-state index >= 15 is 0 Å². The molecule has 1 fully saturated rings. The Kier molecular flexibility index (Phi) is 2.31. The Labute approximate surface area is 85.5 Å². The van der Waals surface area contributed by atoms with Crippen molar-refractivity contribution in [2.24, 2.45) is 5.41 Å². The van der Waals surface area contributed by atoms with Gasteiger partial charge in [-0.3, -0.25) is 4.79 Å². The van der Waals surface area contributed by atoms with Crippen molar-refractivity contribution in [3.05, 3.63) is 35.4 Å². The van der Waals surface area contributed by atoms with Crippen molar-refractivity contribution in [2.45, 2.75) is 12.8 Å². The SMILES string of the molecule is O=C(c1ccc(F)cc1F)C1(CO)CC1. The van der Waals surface area contributed by atoms with E-state index in [-0.39, 0.29) is 12.2 Å². The Morgan fingerprint density at radius 3 is 2.53 bits per heavy atom. The molecule has 80 valence electrons. The zero-order chi connectivity index (χ0) is 11.1. The van der Waals surface area contributed by atoms with Gasteiger partial charge in [-0.1, -0.05) is 0 Å². The van der Waals surface area contributed by atoms with Gasteiger partial charge in [-0.2, -0.15) is 0 Å². The highest BCUT2D eigenvalue weighted by molar-refractivity contribution is 6.02. The van der Waals surface area contributed by atoms with Gasteiger partial charge in [0.2, 0.25) is 0 Å². The monoisotopic (exact) mass is 212 g/mol. The summed E-state index contributed by atoms with van der Waals surface area (Å²) in [7, 11) is 0. The number of aliphatic hydroxyl groups excluding tert-OH is 1. The number of aliphatic hydroxyl groups is 1. The van der Waals surface area contributed by atoms with Crippen LogP contribution in [0.4, 0.5) is 8.78 Å². The van der Waals surface area contributed by atoms with Gasteiger partial charge in [0.15, 0.2) is 5.78 Å². The van der Waals surface area contributed by atoms with E-state index in [9.17, 15) is 13.6 Å². The maximum atomic E-state index is 13.3. The minimum absolute atomic E-state index is 0.136. The number of rotatable bonds is 3. The predicted molar refractivity (Wildman–Crippen MR) is 49.4 cm³/mol. The smallest absolute Gasteiger partial charge is 0.174 e. The topological polar surface area (TPSA) is 37.3 Å². The predicted octanol–water partition coefficient (Wildman–Crippen LogP) is 1.92. The molecule has 4 heteroatoms. The highest BCUT2D eigenvalue weighted by Crippen LogP contribution is 2.47. The third-order valence-electron chi connectivity index (χ3n) is 2.81. The Bertz CT molecular complexity index is 411. The van der Waals surface area contributed by atoms with Crippen molar-refractivity contribution in [1.82, 2.24) is 0 Å². The summed E-state index contributed by atoms with van der Waals surface area (Å²) in [6.07, 6.45) is 1.14. The number of Topliss-reactive ketones (excluding diaryl/α,β-unsaturated/α-hetero) is 1. The number of hydrogen-bond acceptors (Lipinski definition) is 2. The molecule has 1 aromatic rings. The molecular weight excluding hydrogens is 202 g/mol. The van der Waals surface area contributed by atoms with Gasteiger partial charge in [-0.05, 0) is 25.0 Å². The second-order valence-corrected chi connectivity index (χ2v) is 3.89. The second kappa shape index (κ2) is 3.38. The van der Waals surface area contributed by atoms with Crippen LogP contribution in [0.3, 0.4) is 0 Å². The van der Waals surface area contributed by atoms with Crippen molar-refractivity contribution < 1.29 is 18.7 Å². The lowest BCUT2D eigenvalue weighted by Gasteiger charge is -2.10. The van der Waals surface area contributed by atoms with Gasteiger partial charge in [-0.15, -0.1) is 0 Å². The molecule has 1 aromatic carbocycles. The van der Waals surface area contributed by atoms with Crippen LogP contribution in [-0.4, -0.2) is 17.5 Å². The van der Waals surface area contributed by atoms with Crippen molar-refractivity contribution in [1.29, 1.82) is 0 Å². The summed E-state index contributed by atoms with van der Waals surface area (Å²) in [6.45, 7) is -0.275. The van der Waals surface area contributed by atoms with Crippen molar-refractivity contribution in [2.75, 3.05) is 6.61 Å². The molecular formula is C11H10F2O2. The molecule has 0 amide bonds. The Hall–Kier alpha value is -1.29. The zero-order valence-corrected chi connectivity index (χ0v) is 7.96. The fourth-order valence-corrected chi connectivity index (χ4v) is 1.57. The number of halogens is 2. The van der Waals surface area contributed by atoms with E-state index in [1.807, 2.05) is 0 Å². The number of ketones is 1. The average molecular weight is 212 g/mol. The molecule has 0 aliphatic heterocycles. The first-order chi connectivity index (χ1) is 7.09. The number of carbonyl (C=O) groups excluding carboxylic acids is 1. The van der Waals surface area contributed by atoms with Crippen LogP contribution in [0, 0.1) is 17.0 Å². The molecule has 0 bridgehead atoms. The minimum atomic E-state index is -0.861. The van der Waals surface area contributed by atoms with Gasteiger partial charge in [-0.25, -0.2) is 8.78 Å². The van der Waals surface area contributed by atoms with Crippen molar-refractivity contribution in [3.63, 3.8) is 0 Å². The maximum Gasteiger partial charge on any atom is 0.174 e. The number of carbonyl (C=O) groups is 1. The van der Waals surface area contributed by atoms with Crippen LogP contribution in [0.5, 0.6) is 0 Å². The molecule has 1 N–H and O–H groups in total. The summed E-state index contributed by atoms with van der Waals surface area (Å²) < 4.78 is 25.9. The van der Waals surface area contributed by atoms with Crippen LogP contribution >= 0.6 is 0 Å². The van der Waals surface area contributed by atoms with E-state index < -0.39 is 22.8 Å². The molecule has 2 nitrogen and oxygen atoms in total. The molecule has 0 aromatic heterocycles. The first-order valence-electron chi connectivity index (χ1n) is 4.70. The Morgan fingerprint density at radius 1 is 1.40 bits per heavy atom. The first-order valence-corrected chi connectivity index (χ1v) is 4.70. The molecule has 15 heavy (non-hydrogen) atoms.